The van der Waals surface area contributed by atoms with Crippen LogP contribution in [0.5, 0.6) is 5.75 Å². The summed E-state index contributed by atoms with van der Waals surface area (Å²) in [6.45, 7) is 3.73. The third kappa shape index (κ3) is 3.15. The number of nitrogens with zero attached hydrogens (tertiary/aromatic N) is 2. The zero-order chi connectivity index (χ0) is 12.9. The fourth-order valence-corrected chi connectivity index (χ4v) is 2.38. The van der Waals surface area contributed by atoms with E-state index in [1.165, 1.54) is 11.1 Å². The lowest BCUT2D eigenvalue weighted by Crippen LogP contribution is -2.16. The van der Waals surface area contributed by atoms with Crippen LogP contribution in [0.3, 0.4) is 0 Å². The second-order valence-electron chi connectivity index (χ2n) is 4.84. The van der Waals surface area contributed by atoms with Gasteiger partial charge in [0.05, 0.1) is 6.61 Å². The third-order valence-corrected chi connectivity index (χ3v) is 3.38. The maximum Gasteiger partial charge on any atom is 0.122 e. The second kappa shape index (κ2) is 5.89. The van der Waals surface area contributed by atoms with Crippen molar-refractivity contribution < 1.29 is 4.74 Å². The van der Waals surface area contributed by atoms with Crippen LogP contribution >= 0.6 is 0 Å². The summed E-state index contributed by atoms with van der Waals surface area (Å²) in [5, 5.41) is 7.66. The Morgan fingerprint density at radius 3 is 3.26 bits per heavy atom. The molecule has 4 heteroatoms. The van der Waals surface area contributed by atoms with Gasteiger partial charge in [0.25, 0.3) is 0 Å². The van der Waals surface area contributed by atoms with Crippen LogP contribution in [0.2, 0.25) is 0 Å². The first-order chi connectivity index (χ1) is 9.42. The average molecular weight is 257 g/mol. The van der Waals surface area contributed by atoms with Crippen molar-refractivity contribution in [2.75, 3.05) is 13.2 Å². The Morgan fingerprint density at radius 1 is 1.37 bits per heavy atom. The van der Waals surface area contributed by atoms with E-state index in [2.05, 4.69) is 28.6 Å². The second-order valence-corrected chi connectivity index (χ2v) is 4.84. The van der Waals surface area contributed by atoms with Gasteiger partial charge in [-0.05, 0) is 36.2 Å². The average Bonchev–Trinajstić information content (AvgIpc) is 3.08. The van der Waals surface area contributed by atoms with Crippen molar-refractivity contribution in [3.63, 3.8) is 0 Å². The van der Waals surface area contributed by atoms with Crippen LogP contribution in [-0.4, -0.2) is 22.9 Å². The number of rotatable bonds is 6. The van der Waals surface area contributed by atoms with Gasteiger partial charge < -0.3 is 10.1 Å². The molecule has 1 N–H and O–H groups in total. The summed E-state index contributed by atoms with van der Waals surface area (Å²) in [6.07, 6.45) is 5.96. The van der Waals surface area contributed by atoms with Crippen molar-refractivity contribution >= 4 is 0 Å². The monoisotopic (exact) mass is 257 g/mol. The number of hydrogen-bond donors (Lipinski definition) is 1. The fourth-order valence-electron chi connectivity index (χ4n) is 2.38. The lowest BCUT2D eigenvalue weighted by Gasteiger charge is -2.07. The van der Waals surface area contributed by atoms with E-state index in [1.807, 2.05) is 23.1 Å². The number of hydrogen-bond acceptors (Lipinski definition) is 3. The Kier molecular flexibility index (Phi) is 3.79. The largest absolute Gasteiger partial charge is 0.493 e. The standard InChI is InChI=1S/C15H19N3O/c1(8-18-9-2-7-17-18)6-16-12-13-3-4-15-14(11-13)5-10-19-15/h2-4,7,9,11,16H,1,5-6,8,10,12H2. The predicted molar refractivity (Wildman–Crippen MR) is 74.2 cm³/mol. The minimum absolute atomic E-state index is 0.829. The minimum Gasteiger partial charge on any atom is -0.493 e. The van der Waals surface area contributed by atoms with Gasteiger partial charge in [-0.3, -0.25) is 4.68 Å². The summed E-state index contributed by atoms with van der Waals surface area (Å²) < 4.78 is 7.47. The molecule has 2 aromatic rings. The Morgan fingerprint density at radius 2 is 2.37 bits per heavy atom. The van der Waals surface area contributed by atoms with E-state index in [9.17, 15) is 0 Å². The number of aromatic nitrogens is 2. The quantitative estimate of drug-likeness (QED) is 0.804. The van der Waals surface area contributed by atoms with Gasteiger partial charge in [-0.15, -0.1) is 0 Å². The van der Waals surface area contributed by atoms with Gasteiger partial charge in [0.2, 0.25) is 0 Å². The Balaban J connectivity index is 1.40. The molecule has 100 valence electrons. The van der Waals surface area contributed by atoms with Crippen molar-refractivity contribution in [2.24, 2.45) is 0 Å². The molecule has 1 aromatic heterocycles. The Labute approximate surface area is 113 Å². The summed E-state index contributed by atoms with van der Waals surface area (Å²) >= 11 is 0. The first-order valence-corrected chi connectivity index (χ1v) is 6.84. The van der Waals surface area contributed by atoms with Crippen LogP contribution in [-0.2, 0) is 19.5 Å². The molecule has 0 fully saturated rings. The highest BCUT2D eigenvalue weighted by atomic mass is 16.5. The van der Waals surface area contributed by atoms with Gasteiger partial charge in [0.1, 0.15) is 5.75 Å². The zero-order valence-electron chi connectivity index (χ0n) is 11.0. The van der Waals surface area contributed by atoms with Crippen molar-refractivity contribution in [3.8, 4) is 5.75 Å². The number of ether oxygens (including phenoxy) is 1. The third-order valence-electron chi connectivity index (χ3n) is 3.38. The van der Waals surface area contributed by atoms with Gasteiger partial charge >= 0.3 is 0 Å². The Bertz CT molecular complexity index is 522. The molecule has 2 heterocycles. The molecule has 3 rings (SSSR count). The summed E-state index contributed by atoms with van der Waals surface area (Å²) in [6, 6.07) is 8.44. The summed E-state index contributed by atoms with van der Waals surface area (Å²) in [7, 11) is 0. The molecule has 4 nitrogen and oxygen atoms in total. The summed E-state index contributed by atoms with van der Waals surface area (Å²) in [4.78, 5) is 0. The molecule has 1 aromatic carbocycles. The number of fused-ring (bicyclic) bond motifs is 1. The van der Waals surface area contributed by atoms with Crippen molar-refractivity contribution in [3.05, 3.63) is 47.8 Å². The van der Waals surface area contributed by atoms with Gasteiger partial charge in [0.15, 0.2) is 0 Å². The van der Waals surface area contributed by atoms with E-state index in [4.69, 9.17) is 4.74 Å². The minimum atomic E-state index is 0.829. The van der Waals surface area contributed by atoms with Crippen LogP contribution in [0.15, 0.2) is 36.7 Å². The van der Waals surface area contributed by atoms with Crippen LogP contribution in [0.1, 0.15) is 17.5 Å². The molecular weight excluding hydrogens is 238 g/mol. The predicted octanol–water partition coefficient (Wildman–Crippen LogP) is 2.00. The first-order valence-electron chi connectivity index (χ1n) is 6.84. The van der Waals surface area contributed by atoms with Crippen LogP contribution in [0.25, 0.3) is 0 Å². The lowest BCUT2D eigenvalue weighted by atomic mass is 10.1. The number of aryl methyl sites for hydroxylation is 1. The zero-order valence-corrected chi connectivity index (χ0v) is 11.0. The number of nitrogens with one attached hydrogen (secondary N) is 1. The molecule has 0 aliphatic carbocycles. The molecule has 0 saturated carbocycles. The molecule has 1 aliphatic rings. The number of benzene rings is 1. The summed E-state index contributed by atoms with van der Waals surface area (Å²) in [5.74, 6) is 1.06. The SMILES string of the molecule is c1cnn(CCCNCc2ccc3c(c2)CCO3)c1. The topological polar surface area (TPSA) is 39.1 Å². The van der Waals surface area contributed by atoms with Crippen molar-refractivity contribution in [2.45, 2.75) is 25.9 Å². The van der Waals surface area contributed by atoms with Crippen LogP contribution < -0.4 is 10.1 Å². The Hall–Kier alpha value is -1.81. The first kappa shape index (κ1) is 12.2. The van der Waals surface area contributed by atoms with E-state index < -0.39 is 0 Å². The van der Waals surface area contributed by atoms with E-state index in [1.54, 1.807) is 0 Å². The highest BCUT2D eigenvalue weighted by Crippen LogP contribution is 2.25. The van der Waals surface area contributed by atoms with E-state index >= 15 is 0 Å². The van der Waals surface area contributed by atoms with Crippen molar-refractivity contribution in [1.82, 2.24) is 15.1 Å². The normalized spacial score (nSPS) is 13.3. The highest BCUT2D eigenvalue weighted by molar-refractivity contribution is 5.39. The van der Waals surface area contributed by atoms with Gasteiger partial charge in [0, 0.05) is 31.9 Å². The maximum atomic E-state index is 5.51. The molecule has 19 heavy (non-hydrogen) atoms. The lowest BCUT2D eigenvalue weighted by molar-refractivity contribution is 0.357. The molecular formula is C15H19N3O. The molecule has 0 bridgehead atoms. The molecule has 0 saturated heterocycles. The van der Waals surface area contributed by atoms with Crippen LogP contribution in [0, 0.1) is 0 Å². The molecule has 0 radical (unpaired) electrons. The molecule has 0 atom stereocenters. The molecule has 1 aliphatic heterocycles. The highest BCUT2D eigenvalue weighted by Gasteiger charge is 2.11. The van der Waals surface area contributed by atoms with Gasteiger partial charge in [-0.25, -0.2) is 0 Å². The van der Waals surface area contributed by atoms with Gasteiger partial charge in [-0.2, -0.15) is 5.10 Å². The van der Waals surface area contributed by atoms with E-state index in [0.29, 0.717) is 0 Å². The van der Waals surface area contributed by atoms with Gasteiger partial charge in [-0.1, -0.05) is 12.1 Å². The smallest absolute Gasteiger partial charge is 0.122 e. The maximum absolute atomic E-state index is 5.51. The molecule has 0 unspecified atom stereocenters. The molecule has 0 amide bonds. The van der Waals surface area contributed by atoms with Crippen molar-refractivity contribution in [1.29, 1.82) is 0 Å². The van der Waals surface area contributed by atoms with E-state index in [0.717, 1.165) is 44.8 Å². The summed E-state index contributed by atoms with van der Waals surface area (Å²) in [5.41, 5.74) is 2.68. The fraction of sp³-hybridized carbons (Fsp3) is 0.400. The molecule has 0 spiro atoms. The van der Waals surface area contributed by atoms with Crippen LogP contribution in [0.4, 0.5) is 0 Å². The van der Waals surface area contributed by atoms with E-state index in [-0.39, 0.29) is 0 Å².